The molecule has 0 fully saturated rings. The molecule has 21 heavy (non-hydrogen) atoms. The molecular formula is C12H17FN2O5S. The van der Waals surface area contributed by atoms with Gasteiger partial charge in [-0.2, -0.15) is 4.39 Å². The molecule has 2 N–H and O–H groups in total. The minimum atomic E-state index is -4.00. The molecule has 0 aliphatic carbocycles. The Labute approximate surface area is 122 Å². The number of nitrogens with zero attached hydrogens (tertiary/aromatic N) is 1. The zero-order valence-corrected chi connectivity index (χ0v) is 12.5. The number of nitro groups is 1. The smallest absolute Gasteiger partial charge is 0.306 e. The van der Waals surface area contributed by atoms with Crippen LogP contribution in [0, 0.1) is 22.9 Å². The molecule has 1 unspecified atom stereocenters. The molecule has 1 aromatic carbocycles. The van der Waals surface area contributed by atoms with Crippen LogP contribution >= 0.6 is 0 Å². The van der Waals surface area contributed by atoms with Crippen molar-refractivity contribution >= 4 is 15.7 Å². The van der Waals surface area contributed by atoms with E-state index in [4.69, 9.17) is 0 Å². The van der Waals surface area contributed by atoms with Gasteiger partial charge in [0.15, 0.2) is 0 Å². The average Bonchev–Trinajstić information content (AvgIpc) is 2.37. The molecular weight excluding hydrogens is 303 g/mol. The summed E-state index contributed by atoms with van der Waals surface area (Å²) < 4.78 is 39.8. The van der Waals surface area contributed by atoms with Gasteiger partial charge < -0.3 is 5.11 Å². The zero-order chi connectivity index (χ0) is 16.2. The Morgan fingerprint density at radius 3 is 2.62 bits per heavy atom. The van der Waals surface area contributed by atoms with Gasteiger partial charge in [0.05, 0.1) is 15.9 Å². The van der Waals surface area contributed by atoms with Crippen molar-refractivity contribution in [3.05, 3.63) is 33.6 Å². The highest BCUT2D eigenvalue weighted by molar-refractivity contribution is 7.89. The number of hydrogen-bond donors (Lipinski definition) is 2. The van der Waals surface area contributed by atoms with Crippen LogP contribution in [0.4, 0.5) is 10.1 Å². The molecule has 9 heteroatoms. The normalized spacial score (nSPS) is 13.1. The van der Waals surface area contributed by atoms with Gasteiger partial charge in [-0.25, -0.2) is 13.1 Å². The highest BCUT2D eigenvalue weighted by Crippen LogP contribution is 2.25. The van der Waals surface area contributed by atoms with Crippen molar-refractivity contribution in [3.63, 3.8) is 0 Å². The summed E-state index contributed by atoms with van der Waals surface area (Å²) in [5.41, 5.74) is -0.823. The predicted molar refractivity (Wildman–Crippen MR) is 73.9 cm³/mol. The SMILES string of the molecule is CCC(O)CCNS(=O)(=O)c1cc([N+](=O)[O-])c(F)cc1C. The summed E-state index contributed by atoms with van der Waals surface area (Å²) in [4.78, 5) is 9.35. The first-order valence-corrected chi connectivity index (χ1v) is 7.79. The number of halogens is 1. The molecule has 0 aliphatic rings. The fourth-order valence-corrected chi connectivity index (χ4v) is 3.00. The zero-order valence-electron chi connectivity index (χ0n) is 11.7. The molecule has 1 atom stereocenters. The Hall–Kier alpha value is -1.58. The van der Waals surface area contributed by atoms with Gasteiger partial charge in [0.25, 0.3) is 0 Å². The molecule has 0 aromatic heterocycles. The van der Waals surface area contributed by atoms with E-state index < -0.39 is 32.6 Å². The number of sulfonamides is 1. The van der Waals surface area contributed by atoms with Crippen molar-refractivity contribution in [1.82, 2.24) is 4.72 Å². The van der Waals surface area contributed by atoms with E-state index in [9.17, 15) is 28.0 Å². The second-order valence-corrected chi connectivity index (χ2v) is 6.31. The van der Waals surface area contributed by atoms with Crippen LogP contribution in [-0.4, -0.2) is 31.1 Å². The summed E-state index contributed by atoms with van der Waals surface area (Å²) in [6.07, 6.45) is 0.0808. The Kier molecular flexibility index (Phi) is 5.76. The van der Waals surface area contributed by atoms with Crippen LogP contribution in [0.15, 0.2) is 17.0 Å². The lowest BCUT2D eigenvalue weighted by Crippen LogP contribution is -2.28. The monoisotopic (exact) mass is 320 g/mol. The number of aliphatic hydroxyl groups is 1. The number of aryl methyl sites for hydroxylation is 1. The highest BCUT2D eigenvalue weighted by atomic mass is 32.2. The van der Waals surface area contributed by atoms with E-state index in [0.717, 1.165) is 6.07 Å². The number of rotatable bonds is 7. The van der Waals surface area contributed by atoms with E-state index >= 15 is 0 Å². The minimum Gasteiger partial charge on any atom is -0.393 e. The van der Waals surface area contributed by atoms with E-state index in [2.05, 4.69) is 4.72 Å². The standard InChI is InChI=1S/C12H17FN2O5S/c1-3-9(16)4-5-14-21(19,20)12-7-11(15(17)18)10(13)6-8(12)2/h6-7,9,14,16H,3-5H2,1-2H3. The molecule has 0 bridgehead atoms. The van der Waals surface area contributed by atoms with Gasteiger partial charge in [0, 0.05) is 12.6 Å². The lowest BCUT2D eigenvalue weighted by molar-refractivity contribution is -0.387. The maximum absolute atomic E-state index is 13.4. The molecule has 118 valence electrons. The summed E-state index contributed by atoms with van der Waals surface area (Å²) in [6.45, 7) is 3.09. The van der Waals surface area contributed by atoms with Crippen LogP contribution in [0.2, 0.25) is 0 Å². The van der Waals surface area contributed by atoms with Gasteiger partial charge in [-0.15, -0.1) is 0 Å². The fourth-order valence-electron chi connectivity index (χ4n) is 1.71. The van der Waals surface area contributed by atoms with Crippen molar-refractivity contribution in [2.75, 3.05) is 6.54 Å². The number of nitrogens with one attached hydrogen (secondary N) is 1. The topological polar surface area (TPSA) is 110 Å². The number of nitro benzene ring substituents is 1. The molecule has 0 saturated carbocycles. The minimum absolute atomic E-state index is 0.0120. The third kappa shape index (κ3) is 4.45. The summed E-state index contributed by atoms with van der Waals surface area (Å²) in [5, 5.41) is 20.0. The van der Waals surface area contributed by atoms with Gasteiger partial charge >= 0.3 is 5.69 Å². The van der Waals surface area contributed by atoms with Crippen molar-refractivity contribution in [1.29, 1.82) is 0 Å². The first kappa shape index (κ1) is 17.5. The van der Waals surface area contributed by atoms with E-state index in [1.54, 1.807) is 6.92 Å². The molecule has 0 amide bonds. The van der Waals surface area contributed by atoms with Crippen LogP contribution in [0.1, 0.15) is 25.3 Å². The molecule has 0 saturated heterocycles. The van der Waals surface area contributed by atoms with Crippen molar-refractivity contribution < 1.29 is 22.8 Å². The van der Waals surface area contributed by atoms with Crippen LogP contribution in [-0.2, 0) is 10.0 Å². The van der Waals surface area contributed by atoms with Crippen LogP contribution in [0.25, 0.3) is 0 Å². The molecule has 0 aliphatic heterocycles. The number of hydrogen-bond acceptors (Lipinski definition) is 5. The van der Waals surface area contributed by atoms with Gasteiger partial charge in [0.1, 0.15) is 0 Å². The van der Waals surface area contributed by atoms with E-state index in [0.29, 0.717) is 12.5 Å². The van der Waals surface area contributed by atoms with Gasteiger partial charge in [-0.3, -0.25) is 10.1 Å². The summed E-state index contributed by atoms with van der Waals surface area (Å²) in [5.74, 6) is -1.09. The molecule has 0 spiro atoms. The summed E-state index contributed by atoms with van der Waals surface area (Å²) in [7, 11) is -4.00. The molecule has 1 aromatic rings. The second-order valence-electron chi connectivity index (χ2n) is 4.57. The van der Waals surface area contributed by atoms with Gasteiger partial charge in [-0.05, 0) is 31.4 Å². The molecule has 1 rings (SSSR count). The number of benzene rings is 1. The summed E-state index contributed by atoms with van der Waals surface area (Å²) >= 11 is 0. The first-order chi connectivity index (χ1) is 9.69. The Balaban J connectivity index is 3.03. The highest BCUT2D eigenvalue weighted by Gasteiger charge is 2.24. The fraction of sp³-hybridized carbons (Fsp3) is 0.500. The third-order valence-corrected chi connectivity index (χ3v) is 4.57. The van der Waals surface area contributed by atoms with E-state index in [-0.39, 0.29) is 23.4 Å². The van der Waals surface area contributed by atoms with Gasteiger partial charge in [-0.1, -0.05) is 6.92 Å². The second kappa shape index (κ2) is 6.92. The van der Waals surface area contributed by atoms with Crippen LogP contribution < -0.4 is 4.72 Å². The maximum Gasteiger partial charge on any atom is 0.306 e. The lowest BCUT2D eigenvalue weighted by atomic mass is 10.2. The molecule has 0 heterocycles. The Morgan fingerprint density at radius 2 is 2.10 bits per heavy atom. The number of aliphatic hydroxyl groups excluding tert-OH is 1. The lowest BCUT2D eigenvalue weighted by Gasteiger charge is -2.11. The van der Waals surface area contributed by atoms with Crippen molar-refractivity contribution in [2.24, 2.45) is 0 Å². The quantitative estimate of drug-likeness (QED) is 0.584. The van der Waals surface area contributed by atoms with Crippen LogP contribution in [0.3, 0.4) is 0 Å². The van der Waals surface area contributed by atoms with Crippen molar-refractivity contribution in [2.45, 2.75) is 37.7 Å². The predicted octanol–water partition coefficient (Wildman–Crippen LogP) is 1.48. The molecule has 0 radical (unpaired) electrons. The van der Waals surface area contributed by atoms with E-state index in [1.165, 1.54) is 6.92 Å². The Morgan fingerprint density at radius 1 is 1.48 bits per heavy atom. The molecule has 7 nitrogen and oxygen atoms in total. The van der Waals surface area contributed by atoms with E-state index in [1.807, 2.05) is 0 Å². The van der Waals surface area contributed by atoms with Gasteiger partial charge in [0.2, 0.25) is 15.8 Å². The summed E-state index contributed by atoms with van der Waals surface area (Å²) in [6, 6.07) is 1.51. The first-order valence-electron chi connectivity index (χ1n) is 6.31. The third-order valence-electron chi connectivity index (χ3n) is 2.97. The maximum atomic E-state index is 13.4. The Bertz CT molecular complexity index is 633. The van der Waals surface area contributed by atoms with Crippen LogP contribution in [0.5, 0.6) is 0 Å². The largest absolute Gasteiger partial charge is 0.393 e. The van der Waals surface area contributed by atoms with Crippen molar-refractivity contribution in [3.8, 4) is 0 Å². The average molecular weight is 320 g/mol.